The molecular formula is C15H19NO4. The predicted octanol–water partition coefficient (Wildman–Crippen LogP) is 1.84. The molecule has 0 spiro atoms. The van der Waals surface area contributed by atoms with Crippen molar-refractivity contribution in [2.45, 2.75) is 31.4 Å². The molecule has 108 valence electrons. The lowest BCUT2D eigenvalue weighted by Crippen LogP contribution is -2.37. The molecule has 2 rings (SSSR count). The van der Waals surface area contributed by atoms with E-state index in [1.165, 1.54) is 11.9 Å². The molecule has 0 aliphatic carbocycles. The summed E-state index contributed by atoms with van der Waals surface area (Å²) in [5.41, 5.74) is 0.600. The number of ether oxygens (including phenoxy) is 1. The summed E-state index contributed by atoms with van der Waals surface area (Å²) in [4.78, 5) is 24.9. The van der Waals surface area contributed by atoms with Crippen LogP contribution in [0.1, 0.15) is 30.9 Å². The van der Waals surface area contributed by atoms with Crippen LogP contribution in [0.25, 0.3) is 0 Å². The van der Waals surface area contributed by atoms with Crippen molar-refractivity contribution in [3.63, 3.8) is 0 Å². The molecule has 1 saturated heterocycles. The summed E-state index contributed by atoms with van der Waals surface area (Å²) in [7, 11) is 1.53. The van der Waals surface area contributed by atoms with Crippen molar-refractivity contribution in [1.29, 1.82) is 0 Å². The smallest absolute Gasteiger partial charge is 0.331 e. The number of carbonyl (C=O) groups excluding carboxylic acids is 1. The van der Waals surface area contributed by atoms with Crippen LogP contribution in [0.15, 0.2) is 30.3 Å². The van der Waals surface area contributed by atoms with Crippen LogP contribution in [0.2, 0.25) is 0 Å². The first-order chi connectivity index (χ1) is 9.59. The standard InChI is InChI=1S/C15H19NO4/c1-16(13(17)10-12-8-5-9-20-12)14(15(18)19)11-6-3-2-4-7-11/h2-4,6-7,12,14H,5,8-10H2,1H3,(H,18,19). The quantitative estimate of drug-likeness (QED) is 0.891. The summed E-state index contributed by atoms with van der Waals surface area (Å²) in [6.07, 6.45) is 1.99. The van der Waals surface area contributed by atoms with Crippen LogP contribution in [-0.4, -0.2) is 41.6 Å². The maximum absolute atomic E-state index is 12.2. The van der Waals surface area contributed by atoms with E-state index in [-0.39, 0.29) is 18.4 Å². The highest BCUT2D eigenvalue weighted by Gasteiger charge is 2.30. The van der Waals surface area contributed by atoms with Gasteiger partial charge in [0.25, 0.3) is 0 Å². The summed E-state index contributed by atoms with van der Waals surface area (Å²) in [5.74, 6) is -1.23. The number of hydrogen-bond acceptors (Lipinski definition) is 3. The monoisotopic (exact) mass is 277 g/mol. The lowest BCUT2D eigenvalue weighted by molar-refractivity contribution is -0.150. The van der Waals surface area contributed by atoms with Gasteiger partial charge < -0.3 is 14.7 Å². The average molecular weight is 277 g/mol. The van der Waals surface area contributed by atoms with Crippen molar-refractivity contribution in [3.8, 4) is 0 Å². The Bertz CT molecular complexity index is 468. The fourth-order valence-electron chi connectivity index (χ4n) is 2.46. The van der Waals surface area contributed by atoms with Gasteiger partial charge in [0, 0.05) is 13.7 Å². The maximum atomic E-state index is 12.2. The molecule has 1 fully saturated rings. The molecule has 1 aliphatic heterocycles. The number of carboxylic acids is 1. The number of amides is 1. The first-order valence-electron chi connectivity index (χ1n) is 6.74. The molecule has 1 heterocycles. The number of likely N-dealkylation sites (N-methyl/N-ethyl adjacent to an activating group) is 1. The Morgan fingerprint density at radius 3 is 2.65 bits per heavy atom. The molecule has 1 N–H and O–H groups in total. The largest absolute Gasteiger partial charge is 0.479 e. The second-order valence-electron chi connectivity index (χ2n) is 5.00. The Morgan fingerprint density at radius 1 is 1.40 bits per heavy atom. The minimum atomic E-state index is -1.03. The van der Waals surface area contributed by atoms with Crippen molar-refractivity contribution in [3.05, 3.63) is 35.9 Å². The van der Waals surface area contributed by atoms with E-state index in [1.54, 1.807) is 24.3 Å². The molecule has 1 aromatic carbocycles. The molecule has 1 aliphatic rings. The summed E-state index contributed by atoms with van der Waals surface area (Å²) >= 11 is 0. The molecule has 1 amide bonds. The Hall–Kier alpha value is -1.88. The van der Waals surface area contributed by atoms with Gasteiger partial charge in [-0.1, -0.05) is 30.3 Å². The molecule has 5 nitrogen and oxygen atoms in total. The van der Waals surface area contributed by atoms with Crippen molar-refractivity contribution in [2.75, 3.05) is 13.7 Å². The minimum absolute atomic E-state index is 0.0739. The number of nitrogens with zero attached hydrogens (tertiary/aromatic N) is 1. The number of aliphatic carboxylic acids is 1. The highest BCUT2D eigenvalue weighted by Crippen LogP contribution is 2.22. The van der Waals surface area contributed by atoms with Crippen LogP contribution in [-0.2, 0) is 14.3 Å². The van der Waals surface area contributed by atoms with Gasteiger partial charge in [0.05, 0.1) is 12.5 Å². The van der Waals surface area contributed by atoms with Gasteiger partial charge in [-0.3, -0.25) is 4.79 Å². The van der Waals surface area contributed by atoms with Crippen LogP contribution in [0, 0.1) is 0 Å². The Kier molecular flexibility index (Phi) is 4.74. The van der Waals surface area contributed by atoms with Crippen molar-refractivity contribution in [2.24, 2.45) is 0 Å². The van der Waals surface area contributed by atoms with E-state index >= 15 is 0 Å². The van der Waals surface area contributed by atoms with E-state index in [0.29, 0.717) is 12.2 Å². The van der Waals surface area contributed by atoms with E-state index < -0.39 is 12.0 Å². The van der Waals surface area contributed by atoms with Crippen LogP contribution >= 0.6 is 0 Å². The molecule has 0 bridgehead atoms. The molecule has 0 radical (unpaired) electrons. The predicted molar refractivity (Wildman–Crippen MR) is 73.2 cm³/mol. The first-order valence-corrected chi connectivity index (χ1v) is 6.74. The molecule has 2 unspecified atom stereocenters. The highest BCUT2D eigenvalue weighted by atomic mass is 16.5. The van der Waals surface area contributed by atoms with E-state index in [4.69, 9.17) is 4.74 Å². The van der Waals surface area contributed by atoms with Gasteiger partial charge in [0.15, 0.2) is 6.04 Å². The van der Waals surface area contributed by atoms with Crippen molar-refractivity contribution < 1.29 is 19.4 Å². The summed E-state index contributed by atoms with van der Waals surface area (Å²) in [6, 6.07) is 7.83. The zero-order chi connectivity index (χ0) is 14.5. The molecule has 0 aromatic heterocycles. The summed E-state index contributed by atoms with van der Waals surface area (Å²) in [6.45, 7) is 0.683. The third-order valence-corrected chi connectivity index (χ3v) is 3.56. The van der Waals surface area contributed by atoms with Crippen LogP contribution in [0.3, 0.4) is 0 Å². The number of benzene rings is 1. The van der Waals surface area contributed by atoms with Crippen molar-refractivity contribution in [1.82, 2.24) is 4.90 Å². The molecular weight excluding hydrogens is 258 g/mol. The zero-order valence-corrected chi connectivity index (χ0v) is 11.5. The Balaban J connectivity index is 2.08. The minimum Gasteiger partial charge on any atom is -0.479 e. The molecule has 20 heavy (non-hydrogen) atoms. The second kappa shape index (κ2) is 6.52. The summed E-state index contributed by atoms with van der Waals surface area (Å²) < 4.78 is 5.42. The SMILES string of the molecule is CN(C(=O)CC1CCCO1)C(C(=O)O)c1ccccc1. The van der Waals surface area contributed by atoms with Gasteiger partial charge in [-0.2, -0.15) is 0 Å². The van der Waals surface area contributed by atoms with Gasteiger partial charge in [0.2, 0.25) is 5.91 Å². The third kappa shape index (κ3) is 3.36. The number of hydrogen-bond donors (Lipinski definition) is 1. The lowest BCUT2D eigenvalue weighted by Gasteiger charge is -2.26. The van der Waals surface area contributed by atoms with Crippen molar-refractivity contribution >= 4 is 11.9 Å². The molecule has 2 atom stereocenters. The number of carboxylic acid groups (broad SMARTS) is 1. The molecule has 1 aromatic rings. The topological polar surface area (TPSA) is 66.8 Å². The Labute approximate surface area is 118 Å². The fraction of sp³-hybridized carbons (Fsp3) is 0.467. The number of rotatable bonds is 5. The molecule has 5 heteroatoms. The molecule has 0 saturated carbocycles. The van der Waals surface area contributed by atoms with Gasteiger partial charge in [-0.25, -0.2) is 4.79 Å². The highest BCUT2D eigenvalue weighted by molar-refractivity contribution is 5.84. The van der Waals surface area contributed by atoms with E-state index in [1.807, 2.05) is 6.07 Å². The van der Waals surface area contributed by atoms with Crippen LogP contribution in [0.5, 0.6) is 0 Å². The number of carbonyl (C=O) groups is 2. The maximum Gasteiger partial charge on any atom is 0.331 e. The summed E-state index contributed by atoms with van der Waals surface area (Å²) in [5, 5.41) is 9.38. The van der Waals surface area contributed by atoms with Gasteiger partial charge in [0.1, 0.15) is 0 Å². The normalized spacial score (nSPS) is 19.6. The van der Waals surface area contributed by atoms with Gasteiger partial charge in [-0.15, -0.1) is 0 Å². The van der Waals surface area contributed by atoms with E-state index in [2.05, 4.69) is 0 Å². The van der Waals surface area contributed by atoms with Crippen LogP contribution in [0.4, 0.5) is 0 Å². The van der Waals surface area contributed by atoms with Crippen LogP contribution < -0.4 is 0 Å². The zero-order valence-electron chi connectivity index (χ0n) is 11.5. The second-order valence-corrected chi connectivity index (χ2v) is 5.00. The van der Waals surface area contributed by atoms with E-state index in [9.17, 15) is 14.7 Å². The Morgan fingerprint density at radius 2 is 2.10 bits per heavy atom. The van der Waals surface area contributed by atoms with Gasteiger partial charge in [-0.05, 0) is 18.4 Å². The third-order valence-electron chi connectivity index (χ3n) is 3.56. The average Bonchev–Trinajstić information content (AvgIpc) is 2.92. The first kappa shape index (κ1) is 14.5. The van der Waals surface area contributed by atoms with Gasteiger partial charge >= 0.3 is 5.97 Å². The lowest BCUT2D eigenvalue weighted by atomic mass is 10.0. The van der Waals surface area contributed by atoms with E-state index in [0.717, 1.165) is 12.8 Å². The fourth-order valence-corrected chi connectivity index (χ4v) is 2.46.